The third kappa shape index (κ3) is 2.14. The van der Waals surface area contributed by atoms with Crippen LogP contribution in [0.5, 0.6) is 0 Å². The standard InChI is InChI=1S/C14H19NO2/c1-14(2)12(13(16)17)9-6-10-15(14)11-7-4-3-5-8-11/h3-5,7-8,12H,6,9-10H2,1-2H3,(H,16,17). The lowest BCUT2D eigenvalue weighted by Gasteiger charge is -2.47. The van der Waals surface area contributed by atoms with Crippen molar-refractivity contribution in [2.24, 2.45) is 5.92 Å². The van der Waals surface area contributed by atoms with Gasteiger partial charge in [0, 0.05) is 17.8 Å². The number of para-hydroxylation sites is 1. The first-order chi connectivity index (χ1) is 8.03. The van der Waals surface area contributed by atoms with Crippen molar-refractivity contribution in [2.45, 2.75) is 32.2 Å². The van der Waals surface area contributed by atoms with Crippen molar-refractivity contribution in [1.82, 2.24) is 0 Å². The molecule has 3 nitrogen and oxygen atoms in total. The van der Waals surface area contributed by atoms with Crippen molar-refractivity contribution < 1.29 is 9.90 Å². The quantitative estimate of drug-likeness (QED) is 0.854. The van der Waals surface area contributed by atoms with Crippen LogP contribution in [0.4, 0.5) is 5.69 Å². The number of carboxylic acids is 1. The normalized spacial score (nSPS) is 23.4. The molecule has 1 aliphatic heterocycles. The van der Waals surface area contributed by atoms with Crippen LogP contribution in [0, 0.1) is 5.92 Å². The van der Waals surface area contributed by atoms with E-state index in [1.54, 1.807) is 0 Å². The number of nitrogens with zero attached hydrogens (tertiary/aromatic N) is 1. The third-order valence-corrected chi connectivity index (χ3v) is 3.79. The predicted molar refractivity (Wildman–Crippen MR) is 68.2 cm³/mol. The number of piperidine rings is 1. The van der Waals surface area contributed by atoms with Gasteiger partial charge in [0.1, 0.15) is 0 Å². The van der Waals surface area contributed by atoms with E-state index in [1.807, 2.05) is 44.2 Å². The average Bonchev–Trinajstić information content (AvgIpc) is 2.28. The SMILES string of the molecule is CC1(C)C(C(=O)O)CCCN1c1ccccc1. The van der Waals surface area contributed by atoms with Crippen LogP contribution in [0.2, 0.25) is 0 Å². The van der Waals surface area contributed by atoms with E-state index in [1.165, 1.54) is 0 Å². The molecule has 0 spiro atoms. The maximum Gasteiger partial charge on any atom is 0.308 e. The summed E-state index contributed by atoms with van der Waals surface area (Å²) in [5, 5.41) is 9.31. The topological polar surface area (TPSA) is 40.5 Å². The Kier molecular flexibility index (Phi) is 3.09. The molecule has 0 aliphatic carbocycles. The van der Waals surface area contributed by atoms with E-state index in [9.17, 15) is 9.90 Å². The predicted octanol–water partition coefficient (Wildman–Crippen LogP) is 2.77. The van der Waals surface area contributed by atoms with Crippen LogP contribution in [-0.4, -0.2) is 23.2 Å². The molecule has 17 heavy (non-hydrogen) atoms. The number of carbonyl (C=O) groups is 1. The van der Waals surface area contributed by atoms with E-state index in [0.717, 1.165) is 25.1 Å². The highest BCUT2D eigenvalue weighted by Gasteiger charge is 2.42. The molecular formula is C14H19NO2. The molecule has 1 fully saturated rings. The van der Waals surface area contributed by atoms with Gasteiger partial charge in [-0.15, -0.1) is 0 Å². The Labute approximate surface area is 102 Å². The van der Waals surface area contributed by atoms with E-state index in [0.29, 0.717) is 0 Å². The van der Waals surface area contributed by atoms with Crippen molar-refractivity contribution in [2.75, 3.05) is 11.4 Å². The maximum atomic E-state index is 11.3. The summed E-state index contributed by atoms with van der Waals surface area (Å²) >= 11 is 0. The van der Waals surface area contributed by atoms with Crippen LogP contribution in [0.25, 0.3) is 0 Å². The summed E-state index contributed by atoms with van der Waals surface area (Å²) < 4.78 is 0. The summed E-state index contributed by atoms with van der Waals surface area (Å²) in [6, 6.07) is 10.1. The van der Waals surface area contributed by atoms with Gasteiger partial charge in [-0.3, -0.25) is 4.79 Å². The molecule has 2 rings (SSSR count). The molecule has 92 valence electrons. The van der Waals surface area contributed by atoms with Gasteiger partial charge in [-0.2, -0.15) is 0 Å². The lowest BCUT2D eigenvalue weighted by molar-refractivity contribution is -0.144. The fraction of sp³-hybridized carbons (Fsp3) is 0.500. The number of hydrogen-bond donors (Lipinski definition) is 1. The second-order valence-electron chi connectivity index (χ2n) is 5.17. The molecule has 0 saturated carbocycles. The second kappa shape index (κ2) is 4.40. The Bertz CT molecular complexity index is 400. The molecular weight excluding hydrogens is 214 g/mol. The third-order valence-electron chi connectivity index (χ3n) is 3.79. The largest absolute Gasteiger partial charge is 0.481 e. The van der Waals surface area contributed by atoms with Gasteiger partial charge in [0.05, 0.1) is 5.92 Å². The van der Waals surface area contributed by atoms with Crippen LogP contribution in [-0.2, 0) is 4.79 Å². The van der Waals surface area contributed by atoms with Gasteiger partial charge in [-0.05, 0) is 38.8 Å². The first kappa shape index (κ1) is 12.0. The van der Waals surface area contributed by atoms with Crippen molar-refractivity contribution in [3.63, 3.8) is 0 Å². The lowest BCUT2D eigenvalue weighted by atomic mass is 9.78. The molecule has 1 aromatic rings. The van der Waals surface area contributed by atoms with Crippen LogP contribution < -0.4 is 4.90 Å². The fourth-order valence-electron chi connectivity index (χ4n) is 2.78. The molecule has 0 aromatic heterocycles. The Morgan fingerprint density at radius 1 is 1.35 bits per heavy atom. The average molecular weight is 233 g/mol. The zero-order chi connectivity index (χ0) is 12.5. The molecule has 1 heterocycles. The highest BCUT2D eigenvalue weighted by Crippen LogP contribution is 2.36. The van der Waals surface area contributed by atoms with E-state index in [-0.39, 0.29) is 11.5 Å². The van der Waals surface area contributed by atoms with E-state index in [4.69, 9.17) is 0 Å². The van der Waals surface area contributed by atoms with Crippen LogP contribution in [0.3, 0.4) is 0 Å². The summed E-state index contributed by atoms with van der Waals surface area (Å²) in [5.74, 6) is -0.980. The lowest BCUT2D eigenvalue weighted by Crippen LogP contribution is -2.55. The molecule has 1 atom stereocenters. The zero-order valence-corrected chi connectivity index (χ0v) is 10.4. The van der Waals surface area contributed by atoms with Crippen LogP contribution >= 0.6 is 0 Å². The summed E-state index contributed by atoms with van der Waals surface area (Å²) in [6.07, 6.45) is 1.71. The summed E-state index contributed by atoms with van der Waals surface area (Å²) in [6.45, 7) is 4.98. The zero-order valence-electron chi connectivity index (χ0n) is 10.4. The molecule has 3 heteroatoms. The Morgan fingerprint density at radius 2 is 2.00 bits per heavy atom. The van der Waals surface area contributed by atoms with E-state index >= 15 is 0 Å². The van der Waals surface area contributed by atoms with Gasteiger partial charge >= 0.3 is 5.97 Å². The minimum absolute atomic E-state index is 0.295. The first-order valence-electron chi connectivity index (χ1n) is 6.09. The number of aliphatic carboxylic acids is 1. The van der Waals surface area contributed by atoms with Crippen LogP contribution in [0.1, 0.15) is 26.7 Å². The fourth-order valence-corrected chi connectivity index (χ4v) is 2.78. The second-order valence-corrected chi connectivity index (χ2v) is 5.17. The number of rotatable bonds is 2. The first-order valence-corrected chi connectivity index (χ1v) is 6.09. The number of hydrogen-bond acceptors (Lipinski definition) is 2. The van der Waals surface area contributed by atoms with Gasteiger partial charge in [-0.1, -0.05) is 18.2 Å². The number of carboxylic acid groups (broad SMARTS) is 1. The summed E-state index contributed by atoms with van der Waals surface area (Å²) in [7, 11) is 0. The molecule has 1 unspecified atom stereocenters. The van der Waals surface area contributed by atoms with Gasteiger partial charge in [0.25, 0.3) is 0 Å². The van der Waals surface area contributed by atoms with Crippen molar-refractivity contribution in [3.05, 3.63) is 30.3 Å². The van der Waals surface area contributed by atoms with Crippen LogP contribution in [0.15, 0.2) is 30.3 Å². The minimum atomic E-state index is -0.685. The van der Waals surface area contributed by atoms with E-state index < -0.39 is 5.97 Å². The maximum absolute atomic E-state index is 11.3. The van der Waals surface area contributed by atoms with Gasteiger partial charge in [-0.25, -0.2) is 0 Å². The van der Waals surface area contributed by atoms with Gasteiger partial charge in [0.15, 0.2) is 0 Å². The molecule has 1 N–H and O–H groups in total. The molecule has 1 saturated heterocycles. The molecule has 1 aliphatic rings. The van der Waals surface area contributed by atoms with Gasteiger partial charge < -0.3 is 10.0 Å². The molecule has 1 aromatic carbocycles. The minimum Gasteiger partial charge on any atom is -0.481 e. The number of benzene rings is 1. The summed E-state index contributed by atoms with van der Waals surface area (Å²) in [4.78, 5) is 13.5. The van der Waals surface area contributed by atoms with E-state index in [2.05, 4.69) is 4.90 Å². The molecule has 0 bridgehead atoms. The summed E-state index contributed by atoms with van der Waals surface area (Å²) in [5.41, 5.74) is 0.786. The Hall–Kier alpha value is -1.51. The highest BCUT2D eigenvalue weighted by molar-refractivity contribution is 5.73. The Balaban J connectivity index is 2.32. The Morgan fingerprint density at radius 3 is 2.59 bits per heavy atom. The highest BCUT2D eigenvalue weighted by atomic mass is 16.4. The molecule has 0 amide bonds. The molecule has 0 radical (unpaired) electrons. The smallest absolute Gasteiger partial charge is 0.308 e. The number of anilines is 1. The van der Waals surface area contributed by atoms with Crippen molar-refractivity contribution in [1.29, 1.82) is 0 Å². The van der Waals surface area contributed by atoms with Gasteiger partial charge in [0.2, 0.25) is 0 Å². The van der Waals surface area contributed by atoms with Crippen molar-refractivity contribution >= 4 is 11.7 Å². The monoisotopic (exact) mass is 233 g/mol. The van der Waals surface area contributed by atoms with Crippen molar-refractivity contribution in [3.8, 4) is 0 Å².